The topological polar surface area (TPSA) is 38.9 Å². The minimum atomic E-state index is 0.725. The van der Waals surface area contributed by atoms with Crippen LogP contribution in [-0.4, -0.2) is 9.97 Å². The van der Waals surface area contributed by atoms with Crippen LogP contribution in [-0.2, 0) is 5.33 Å². The summed E-state index contributed by atoms with van der Waals surface area (Å²) in [6, 6.07) is 1.89. The molecule has 0 unspecified atom stereocenters. The maximum absolute atomic E-state index is 5.23. The highest BCUT2D eigenvalue weighted by Crippen LogP contribution is 2.21. The highest BCUT2D eigenvalue weighted by molar-refractivity contribution is 9.08. The van der Waals surface area contributed by atoms with Gasteiger partial charge in [0, 0.05) is 22.8 Å². The SMILES string of the molecule is Cc1nc(-c2ccoc2C)ncc1CBr. The first-order chi connectivity index (χ1) is 7.22. The van der Waals surface area contributed by atoms with Crippen molar-refractivity contribution < 1.29 is 4.42 Å². The van der Waals surface area contributed by atoms with Gasteiger partial charge < -0.3 is 4.42 Å². The predicted octanol–water partition coefficient (Wildman–Crippen LogP) is 3.25. The van der Waals surface area contributed by atoms with Gasteiger partial charge in [0.25, 0.3) is 0 Å². The van der Waals surface area contributed by atoms with E-state index in [1.54, 1.807) is 6.26 Å². The molecule has 3 nitrogen and oxygen atoms in total. The molecule has 0 spiro atoms. The number of hydrogen-bond acceptors (Lipinski definition) is 3. The molecular weight excluding hydrogens is 256 g/mol. The molecule has 2 heterocycles. The van der Waals surface area contributed by atoms with Crippen molar-refractivity contribution in [2.75, 3.05) is 0 Å². The Morgan fingerprint density at radius 3 is 2.73 bits per heavy atom. The van der Waals surface area contributed by atoms with E-state index in [0.717, 1.165) is 33.7 Å². The lowest BCUT2D eigenvalue weighted by atomic mass is 10.2. The zero-order valence-corrected chi connectivity index (χ0v) is 10.2. The van der Waals surface area contributed by atoms with Crippen LogP contribution in [0.3, 0.4) is 0 Å². The summed E-state index contributed by atoms with van der Waals surface area (Å²) in [7, 11) is 0. The maximum Gasteiger partial charge on any atom is 0.162 e. The van der Waals surface area contributed by atoms with Gasteiger partial charge >= 0.3 is 0 Å². The third kappa shape index (κ3) is 1.95. The standard InChI is InChI=1S/C11H11BrN2O/c1-7-9(5-12)6-13-11(14-7)10-3-4-15-8(10)2/h3-4,6H,5H2,1-2H3. The fourth-order valence-electron chi connectivity index (χ4n) is 1.37. The fraction of sp³-hybridized carbons (Fsp3) is 0.273. The van der Waals surface area contributed by atoms with Crippen molar-refractivity contribution in [2.45, 2.75) is 19.2 Å². The van der Waals surface area contributed by atoms with Crippen LogP contribution in [0, 0.1) is 13.8 Å². The second kappa shape index (κ2) is 4.14. The van der Waals surface area contributed by atoms with Crippen molar-refractivity contribution in [3.05, 3.63) is 35.5 Å². The minimum absolute atomic E-state index is 0.725. The van der Waals surface area contributed by atoms with Gasteiger partial charge in [0.1, 0.15) is 5.76 Å². The second-order valence-electron chi connectivity index (χ2n) is 3.33. The van der Waals surface area contributed by atoms with Crippen LogP contribution < -0.4 is 0 Å². The molecule has 0 aliphatic carbocycles. The molecule has 0 aliphatic heterocycles. The molecule has 0 aliphatic rings. The van der Waals surface area contributed by atoms with E-state index >= 15 is 0 Å². The number of nitrogens with zero attached hydrogens (tertiary/aromatic N) is 2. The first-order valence-electron chi connectivity index (χ1n) is 4.65. The molecule has 78 valence electrons. The molecule has 0 N–H and O–H groups in total. The van der Waals surface area contributed by atoms with Crippen LogP contribution >= 0.6 is 15.9 Å². The summed E-state index contributed by atoms with van der Waals surface area (Å²) < 4.78 is 5.23. The van der Waals surface area contributed by atoms with Gasteiger partial charge in [-0.2, -0.15) is 0 Å². The van der Waals surface area contributed by atoms with Gasteiger partial charge in [-0.25, -0.2) is 9.97 Å². The van der Waals surface area contributed by atoms with Crippen LogP contribution in [0.1, 0.15) is 17.0 Å². The Hall–Kier alpha value is -1.16. The largest absolute Gasteiger partial charge is 0.469 e. The van der Waals surface area contributed by atoms with Crippen LogP contribution in [0.5, 0.6) is 0 Å². The third-order valence-electron chi connectivity index (χ3n) is 2.32. The molecule has 2 aromatic heterocycles. The highest BCUT2D eigenvalue weighted by Gasteiger charge is 2.09. The van der Waals surface area contributed by atoms with Crippen LogP contribution in [0.4, 0.5) is 0 Å². The van der Waals surface area contributed by atoms with Gasteiger partial charge in [0.15, 0.2) is 5.82 Å². The van der Waals surface area contributed by atoms with Gasteiger partial charge in [-0.3, -0.25) is 0 Å². The van der Waals surface area contributed by atoms with Crippen molar-refractivity contribution >= 4 is 15.9 Å². The summed E-state index contributed by atoms with van der Waals surface area (Å²) >= 11 is 3.40. The molecule has 4 heteroatoms. The number of alkyl halides is 1. The number of hydrogen-bond donors (Lipinski definition) is 0. The second-order valence-corrected chi connectivity index (χ2v) is 3.89. The first-order valence-corrected chi connectivity index (χ1v) is 5.77. The summed E-state index contributed by atoms with van der Waals surface area (Å²) in [4.78, 5) is 8.76. The molecule has 0 amide bonds. The molecule has 0 bridgehead atoms. The van der Waals surface area contributed by atoms with Crippen molar-refractivity contribution in [1.82, 2.24) is 9.97 Å². The predicted molar refractivity (Wildman–Crippen MR) is 61.8 cm³/mol. The Bertz CT molecular complexity index is 479. The minimum Gasteiger partial charge on any atom is -0.469 e. The van der Waals surface area contributed by atoms with Crippen LogP contribution in [0.2, 0.25) is 0 Å². The van der Waals surface area contributed by atoms with Gasteiger partial charge in [0.05, 0.1) is 11.8 Å². The Kier molecular flexibility index (Phi) is 2.86. The quantitative estimate of drug-likeness (QED) is 0.784. The zero-order valence-electron chi connectivity index (χ0n) is 8.62. The smallest absolute Gasteiger partial charge is 0.162 e. The van der Waals surface area contributed by atoms with Gasteiger partial charge in [0.2, 0.25) is 0 Å². The van der Waals surface area contributed by atoms with Gasteiger partial charge in [-0.1, -0.05) is 15.9 Å². The van der Waals surface area contributed by atoms with Crippen molar-refractivity contribution in [3.8, 4) is 11.4 Å². The van der Waals surface area contributed by atoms with Crippen LogP contribution in [0.25, 0.3) is 11.4 Å². The van der Waals surface area contributed by atoms with Gasteiger partial charge in [-0.15, -0.1) is 0 Å². The number of halogens is 1. The lowest BCUT2D eigenvalue weighted by Gasteiger charge is -2.03. The molecule has 2 rings (SSSR count). The molecule has 0 saturated heterocycles. The third-order valence-corrected chi connectivity index (χ3v) is 2.93. The lowest BCUT2D eigenvalue weighted by molar-refractivity contribution is 0.535. The highest BCUT2D eigenvalue weighted by atomic mass is 79.9. The first kappa shape index (κ1) is 10.4. The summed E-state index contributed by atoms with van der Waals surface area (Å²) in [5, 5.41) is 0.781. The van der Waals surface area contributed by atoms with Crippen LogP contribution in [0.15, 0.2) is 22.9 Å². The van der Waals surface area contributed by atoms with E-state index in [1.165, 1.54) is 0 Å². The van der Waals surface area contributed by atoms with E-state index in [-0.39, 0.29) is 0 Å². The number of furan rings is 1. The monoisotopic (exact) mass is 266 g/mol. The molecule has 0 atom stereocenters. The summed E-state index contributed by atoms with van der Waals surface area (Å²) in [5.74, 6) is 1.57. The molecule has 15 heavy (non-hydrogen) atoms. The zero-order chi connectivity index (χ0) is 10.8. The normalized spacial score (nSPS) is 10.6. The van der Waals surface area contributed by atoms with Gasteiger partial charge in [-0.05, 0) is 19.9 Å². The summed E-state index contributed by atoms with van der Waals surface area (Å²) in [5.41, 5.74) is 3.07. The molecule has 0 saturated carbocycles. The van der Waals surface area contributed by atoms with E-state index in [9.17, 15) is 0 Å². The molecule has 2 aromatic rings. The number of aromatic nitrogens is 2. The van der Waals surface area contributed by atoms with Crippen molar-refractivity contribution in [1.29, 1.82) is 0 Å². The Morgan fingerprint density at radius 1 is 1.40 bits per heavy atom. The fourth-order valence-corrected chi connectivity index (χ4v) is 1.92. The lowest BCUT2D eigenvalue weighted by Crippen LogP contribution is -1.96. The summed E-state index contributed by atoms with van der Waals surface area (Å²) in [6.45, 7) is 3.89. The number of rotatable bonds is 2. The molecular formula is C11H11BrN2O. The molecule has 0 aromatic carbocycles. The average molecular weight is 267 g/mol. The molecule has 0 radical (unpaired) electrons. The number of aryl methyl sites for hydroxylation is 2. The van der Waals surface area contributed by atoms with E-state index in [1.807, 2.05) is 26.1 Å². The van der Waals surface area contributed by atoms with E-state index in [2.05, 4.69) is 25.9 Å². The van der Waals surface area contributed by atoms with E-state index in [0.29, 0.717) is 0 Å². The average Bonchev–Trinajstić information content (AvgIpc) is 2.64. The Morgan fingerprint density at radius 2 is 2.20 bits per heavy atom. The van der Waals surface area contributed by atoms with Crippen molar-refractivity contribution in [2.24, 2.45) is 0 Å². The van der Waals surface area contributed by atoms with Crippen molar-refractivity contribution in [3.63, 3.8) is 0 Å². The van der Waals surface area contributed by atoms with E-state index in [4.69, 9.17) is 4.42 Å². The Labute approximate surface area is 96.7 Å². The summed E-state index contributed by atoms with van der Waals surface area (Å²) in [6.07, 6.45) is 3.50. The van der Waals surface area contributed by atoms with E-state index < -0.39 is 0 Å². The maximum atomic E-state index is 5.23. The molecule has 0 fully saturated rings. The Balaban J connectivity index is 2.47.